The molecule has 0 aliphatic carbocycles. The van der Waals surface area contributed by atoms with Crippen molar-refractivity contribution in [3.8, 4) is 0 Å². The molecule has 1 N–H and O–H groups in total. The van der Waals surface area contributed by atoms with Crippen LogP contribution in [0.2, 0.25) is 0 Å². The number of hydrogen-bond donors (Lipinski definition) is 1. The zero-order valence-corrected chi connectivity index (χ0v) is 10.8. The summed E-state index contributed by atoms with van der Waals surface area (Å²) in [5.41, 5.74) is 1.11. The van der Waals surface area contributed by atoms with Crippen molar-refractivity contribution in [3.05, 3.63) is 23.7 Å². The third-order valence-electron chi connectivity index (χ3n) is 2.85. The van der Waals surface area contributed by atoms with E-state index in [1.165, 1.54) is 5.56 Å². The molecule has 0 radical (unpaired) electrons. The van der Waals surface area contributed by atoms with Crippen LogP contribution in [0.3, 0.4) is 0 Å². The molecule has 0 aromatic carbocycles. The quantitative estimate of drug-likeness (QED) is 0.774. The Balaban J connectivity index is 2.50. The van der Waals surface area contributed by atoms with Gasteiger partial charge < -0.3 is 14.5 Å². The molecule has 3 nitrogen and oxygen atoms in total. The molecule has 0 saturated carbocycles. The van der Waals surface area contributed by atoms with Crippen LogP contribution in [-0.4, -0.2) is 12.1 Å². The Hall–Kier alpha value is -0.800. The molecule has 1 heterocycles. The van der Waals surface area contributed by atoms with Gasteiger partial charge >= 0.3 is 0 Å². The van der Waals surface area contributed by atoms with E-state index in [-0.39, 0.29) is 5.60 Å². The van der Waals surface area contributed by atoms with Crippen LogP contribution in [0.4, 0.5) is 0 Å². The molecule has 0 atom stereocenters. The molecular weight excluding hydrogens is 202 g/mol. The number of furan rings is 1. The highest BCUT2D eigenvalue weighted by Crippen LogP contribution is 2.19. The first-order valence-electron chi connectivity index (χ1n) is 5.99. The second kappa shape index (κ2) is 6.06. The van der Waals surface area contributed by atoms with Crippen LogP contribution in [0.1, 0.15) is 45.4 Å². The number of ether oxygens (including phenoxy) is 1. The zero-order chi connectivity index (χ0) is 12.0. The predicted molar refractivity (Wildman–Crippen MR) is 65.2 cm³/mol. The molecule has 0 unspecified atom stereocenters. The highest BCUT2D eigenvalue weighted by molar-refractivity contribution is 5.16. The van der Waals surface area contributed by atoms with Gasteiger partial charge in [-0.1, -0.05) is 13.8 Å². The van der Waals surface area contributed by atoms with E-state index >= 15 is 0 Å². The van der Waals surface area contributed by atoms with Crippen molar-refractivity contribution < 1.29 is 9.15 Å². The first-order chi connectivity index (χ1) is 7.59. The highest BCUT2D eigenvalue weighted by atomic mass is 16.5. The van der Waals surface area contributed by atoms with E-state index in [0.29, 0.717) is 6.61 Å². The molecule has 0 aliphatic heterocycles. The molecule has 0 amide bonds. The number of rotatable bonds is 7. The standard InChI is InChI=1S/C13H23NO2/c1-5-13(3,4)16-10-12-11(7-8-15-12)9-14-6-2/h7-8,14H,5-6,9-10H2,1-4H3. The van der Waals surface area contributed by atoms with Crippen molar-refractivity contribution in [1.29, 1.82) is 0 Å². The van der Waals surface area contributed by atoms with Gasteiger partial charge in [0, 0.05) is 12.1 Å². The summed E-state index contributed by atoms with van der Waals surface area (Å²) in [4.78, 5) is 0. The van der Waals surface area contributed by atoms with Crippen molar-refractivity contribution in [3.63, 3.8) is 0 Å². The molecule has 16 heavy (non-hydrogen) atoms. The lowest BCUT2D eigenvalue weighted by Gasteiger charge is -2.23. The van der Waals surface area contributed by atoms with Crippen LogP contribution in [0.5, 0.6) is 0 Å². The zero-order valence-electron chi connectivity index (χ0n) is 10.8. The van der Waals surface area contributed by atoms with E-state index in [0.717, 1.165) is 25.3 Å². The maximum absolute atomic E-state index is 5.82. The SMILES string of the molecule is CCNCc1ccoc1COC(C)(C)CC. The minimum atomic E-state index is -0.0811. The van der Waals surface area contributed by atoms with Crippen LogP contribution in [0, 0.1) is 0 Å². The lowest BCUT2D eigenvalue weighted by Crippen LogP contribution is -2.23. The normalized spacial score (nSPS) is 12.0. The van der Waals surface area contributed by atoms with Crippen LogP contribution < -0.4 is 5.32 Å². The van der Waals surface area contributed by atoms with Gasteiger partial charge in [0.15, 0.2) is 0 Å². The van der Waals surface area contributed by atoms with Gasteiger partial charge in [-0.05, 0) is 32.9 Å². The minimum Gasteiger partial charge on any atom is -0.467 e. The third-order valence-corrected chi connectivity index (χ3v) is 2.85. The molecule has 0 bridgehead atoms. The fourth-order valence-corrected chi connectivity index (χ4v) is 1.27. The fourth-order valence-electron chi connectivity index (χ4n) is 1.27. The average Bonchev–Trinajstić information content (AvgIpc) is 2.71. The van der Waals surface area contributed by atoms with Gasteiger partial charge in [0.1, 0.15) is 12.4 Å². The maximum atomic E-state index is 5.82. The molecule has 3 heteroatoms. The number of nitrogens with one attached hydrogen (secondary N) is 1. The van der Waals surface area contributed by atoms with Crippen LogP contribution >= 0.6 is 0 Å². The monoisotopic (exact) mass is 225 g/mol. The van der Waals surface area contributed by atoms with Gasteiger partial charge in [-0.3, -0.25) is 0 Å². The molecule has 92 valence electrons. The van der Waals surface area contributed by atoms with E-state index in [1.807, 2.05) is 6.07 Å². The summed E-state index contributed by atoms with van der Waals surface area (Å²) in [6, 6.07) is 2.00. The molecular formula is C13H23NO2. The highest BCUT2D eigenvalue weighted by Gasteiger charge is 2.17. The van der Waals surface area contributed by atoms with Crippen molar-refractivity contribution in [2.75, 3.05) is 6.54 Å². The van der Waals surface area contributed by atoms with Crippen LogP contribution in [-0.2, 0) is 17.9 Å². The van der Waals surface area contributed by atoms with E-state index < -0.39 is 0 Å². The Labute approximate surface area is 98.2 Å². The Bertz CT molecular complexity index is 305. The van der Waals surface area contributed by atoms with Gasteiger partial charge in [-0.25, -0.2) is 0 Å². The first kappa shape index (κ1) is 13.3. The third kappa shape index (κ3) is 3.99. The van der Waals surface area contributed by atoms with Crippen molar-refractivity contribution >= 4 is 0 Å². The molecule has 1 aromatic rings. The lowest BCUT2D eigenvalue weighted by atomic mass is 10.1. The second-order valence-corrected chi connectivity index (χ2v) is 4.55. The van der Waals surface area contributed by atoms with Crippen LogP contribution in [0.25, 0.3) is 0 Å². The smallest absolute Gasteiger partial charge is 0.133 e. The van der Waals surface area contributed by atoms with Crippen molar-refractivity contribution in [2.24, 2.45) is 0 Å². The van der Waals surface area contributed by atoms with E-state index in [9.17, 15) is 0 Å². The van der Waals surface area contributed by atoms with Gasteiger partial charge in [0.2, 0.25) is 0 Å². The molecule has 0 spiro atoms. The van der Waals surface area contributed by atoms with Gasteiger partial charge in [0.05, 0.1) is 11.9 Å². The van der Waals surface area contributed by atoms with Gasteiger partial charge in [-0.15, -0.1) is 0 Å². The Morgan fingerprint density at radius 3 is 2.75 bits per heavy atom. The van der Waals surface area contributed by atoms with E-state index in [2.05, 4.69) is 33.0 Å². The summed E-state index contributed by atoms with van der Waals surface area (Å²) in [6.45, 7) is 10.8. The molecule has 0 aliphatic rings. The van der Waals surface area contributed by atoms with Gasteiger partial charge in [0.25, 0.3) is 0 Å². The maximum Gasteiger partial charge on any atom is 0.133 e. The van der Waals surface area contributed by atoms with E-state index in [4.69, 9.17) is 9.15 Å². The number of hydrogen-bond acceptors (Lipinski definition) is 3. The summed E-state index contributed by atoms with van der Waals surface area (Å²) in [5.74, 6) is 0.933. The topological polar surface area (TPSA) is 34.4 Å². The summed E-state index contributed by atoms with van der Waals surface area (Å²) in [7, 11) is 0. The summed E-state index contributed by atoms with van der Waals surface area (Å²) < 4.78 is 11.3. The molecule has 0 saturated heterocycles. The molecule has 1 aromatic heterocycles. The summed E-state index contributed by atoms with van der Waals surface area (Å²) in [6.07, 6.45) is 2.72. The van der Waals surface area contributed by atoms with E-state index in [1.54, 1.807) is 6.26 Å². The summed E-state index contributed by atoms with van der Waals surface area (Å²) in [5, 5.41) is 3.29. The molecule has 0 fully saturated rings. The van der Waals surface area contributed by atoms with Gasteiger partial charge in [-0.2, -0.15) is 0 Å². The minimum absolute atomic E-state index is 0.0811. The first-order valence-corrected chi connectivity index (χ1v) is 5.99. The predicted octanol–water partition coefficient (Wildman–Crippen LogP) is 3.09. The second-order valence-electron chi connectivity index (χ2n) is 4.55. The average molecular weight is 225 g/mol. The largest absolute Gasteiger partial charge is 0.467 e. The van der Waals surface area contributed by atoms with Crippen LogP contribution in [0.15, 0.2) is 16.7 Å². The Morgan fingerprint density at radius 1 is 1.38 bits per heavy atom. The van der Waals surface area contributed by atoms with Crippen molar-refractivity contribution in [1.82, 2.24) is 5.32 Å². The Kier molecular flexibility index (Phi) is 5.03. The Morgan fingerprint density at radius 2 is 2.12 bits per heavy atom. The summed E-state index contributed by atoms with van der Waals surface area (Å²) >= 11 is 0. The molecule has 1 rings (SSSR count). The van der Waals surface area contributed by atoms with Crippen molar-refractivity contribution in [2.45, 2.75) is 52.9 Å². The lowest BCUT2D eigenvalue weighted by molar-refractivity contribution is -0.0387. The fraction of sp³-hybridized carbons (Fsp3) is 0.692.